The van der Waals surface area contributed by atoms with Crippen LogP contribution in [0.4, 0.5) is 5.69 Å². The lowest BCUT2D eigenvalue weighted by Crippen LogP contribution is -2.32. The number of sulfonamides is 1. The molecule has 0 saturated carbocycles. The highest BCUT2D eigenvalue weighted by Gasteiger charge is 2.23. The fraction of sp³-hybridized carbons (Fsp3) is 0.292. The standard InChI is InChI=1S/C24H26N6O5S2/c1-13(21(31)25-4)11-30-12-27-19-7-6-16(8-18(19)23(30)32)17-9-20(22(35-5)26-10-17)29-37(33,34)24-14(2)28-15(3)36-24/h6-10,12-13,29H,11H2,1-5H3,(H,25,31). The number of nitrogens with zero attached hydrogens (tertiary/aromatic N) is 4. The molecule has 0 spiro atoms. The van der Waals surface area contributed by atoms with Crippen LogP contribution in [0.5, 0.6) is 5.88 Å². The lowest BCUT2D eigenvalue weighted by molar-refractivity contribution is -0.124. The molecule has 0 bridgehead atoms. The number of aryl methyl sites for hydroxylation is 2. The molecule has 1 aromatic carbocycles. The monoisotopic (exact) mass is 542 g/mol. The first-order valence-electron chi connectivity index (χ1n) is 11.3. The summed E-state index contributed by atoms with van der Waals surface area (Å²) in [7, 11) is -0.993. The molecular formula is C24H26N6O5S2. The van der Waals surface area contributed by atoms with E-state index < -0.39 is 15.9 Å². The average Bonchev–Trinajstić information content (AvgIpc) is 3.23. The van der Waals surface area contributed by atoms with Crippen LogP contribution in [0.25, 0.3) is 22.0 Å². The van der Waals surface area contributed by atoms with Crippen LogP contribution in [0.2, 0.25) is 0 Å². The molecule has 3 heterocycles. The Bertz CT molecular complexity index is 1660. The lowest BCUT2D eigenvalue weighted by atomic mass is 10.0. The molecule has 0 aliphatic rings. The van der Waals surface area contributed by atoms with Crippen molar-refractivity contribution in [2.75, 3.05) is 18.9 Å². The van der Waals surface area contributed by atoms with Crippen LogP contribution in [0.3, 0.4) is 0 Å². The van der Waals surface area contributed by atoms with E-state index in [4.69, 9.17) is 4.74 Å². The molecule has 2 N–H and O–H groups in total. The Hall–Kier alpha value is -3.84. The number of fused-ring (bicyclic) bond motifs is 1. The van der Waals surface area contributed by atoms with Gasteiger partial charge in [0.2, 0.25) is 11.8 Å². The molecule has 0 fully saturated rings. The summed E-state index contributed by atoms with van der Waals surface area (Å²) in [5.41, 5.74) is 1.95. The van der Waals surface area contributed by atoms with E-state index in [9.17, 15) is 18.0 Å². The number of thiazole rings is 1. The molecule has 0 radical (unpaired) electrons. The van der Waals surface area contributed by atoms with Gasteiger partial charge in [-0.25, -0.2) is 23.4 Å². The lowest BCUT2D eigenvalue weighted by Gasteiger charge is -2.13. The summed E-state index contributed by atoms with van der Waals surface area (Å²) < 4.78 is 35.5. The van der Waals surface area contributed by atoms with E-state index in [-0.39, 0.29) is 33.8 Å². The van der Waals surface area contributed by atoms with Gasteiger partial charge in [0, 0.05) is 25.4 Å². The SMILES string of the molecule is CNC(=O)C(C)Cn1cnc2ccc(-c3cnc(OC)c(NS(=O)(=O)c4sc(C)nc4C)c3)cc2c1=O. The Morgan fingerprint density at radius 2 is 1.95 bits per heavy atom. The van der Waals surface area contributed by atoms with Crippen molar-refractivity contribution in [3.63, 3.8) is 0 Å². The Kier molecular flexibility index (Phi) is 7.28. The summed E-state index contributed by atoms with van der Waals surface area (Å²) in [4.78, 5) is 37.9. The summed E-state index contributed by atoms with van der Waals surface area (Å²) in [6.07, 6.45) is 2.96. The number of pyridine rings is 1. The molecule has 0 saturated heterocycles. The summed E-state index contributed by atoms with van der Waals surface area (Å²) in [6.45, 7) is 5.28. The highest BCUT2D eigenvalue weighted by Crippen LogP contribution is 2.32. The highest BCUT2D eigenvalue weighted by molar-refractivity contribution is 7.94. The summed E-state index contributed by atoms with van der Waals surface area (Å²) in [5, 5.41) is 3.57. The molecule has 4 aromatic rings. The number of ether oxygens (including phenoxy) is 1. The van der Waals surface area contributed by atoms with E-state index >= 15 is 0 Å². The quantitative estimate of drug-likeness (QED) is 0.346. The minimum absolute atomic E-state index is 0.0965. The molecule has 0 aliphatic heterocycles. The third-order valence-electron chi connectivity index (χ3n) is 5.72. The first kappa shape index (κ1) is 26.2. The number of carbonyl (C=O) groups is 1. The molecule has 1 amide bonds. The van der Waals surface area contributed by atoms with Crippen LogP contribution in [0.15, 0.2) is 45.8 Å². The second-order valence-electron chi connectivity index (χ2n) is 8.44. The van der Waals surface area contributed by atoms with E-state index in [0.717, 1.165) is 11.3 Å². The van der Waals surface area contributed by atoms with Crippen molar-refractivity contribution in [3.05, 3.63) is 57.8 Å². The molecule has 37 heavy (non-hydrogen) atoms. The maximum Gasteiger partial charge on any atom is 0.273 e. The Morgan fingerprint density at radius 1 is 1.19 bits per heavy atom. The van der Waals surface area contributed by atoms with Crippen LogP contribution >= 0.6 is 11.3 Å². The summed E-state index contributed by atoms with van der Waals surface area (Å²) >= 11 is 1.07. The van der Waals surface area contributed by atoms with Crippen molar-refractivity contribution in [1.29, 1.82) is 0 Å². The van der Waals surface area contributed by atoms with Crippen molar-refractivity contribution in [2.24, 2.45) is 5.92 Å². The Morgan fingerprint density at radius 3 is 2.59 bits per heavy atom. The van der Waals surface area contributed by atoms with Crippen LogP contribution < -0.4 is 20.3 Å². The van der Waals surface area contributed by atoms with Crippen molar-refractivity contribution in [1.82, 2.24) is 24.8 Å². The predicted molar refractivity (Wildman–Crippen MR) is 141 cm³/mol. The largest absolute Gasteiger partial charge is 0.480 e. The number of rotatable bonds is 8. The predicted octanol–water partition coefficient (Wildman–Crippen LogP) is 2.72. The number of benzene rings is 1. The van der Waals surface area contributed by atoms with Gasteiger partial charge in [-0.2, -0.15) is 0 Å². The number of methoxy groups -OCH3 is 1. The van der Waals surface area contributed by atoms with Crippen molar-refractivity contribution < 1.29 is 17.9 Å². The van der Waals surface area contributed by atoms with Gasteiger partial charge in [-0.15, -0.1) is 11.3 Å². The zero-order chi connectivity index (χ0) is 26.9. The van der Waals surface area contributed by atoms with Gasteiger partial charge < -0.3 is 10.1 Å². The van der Waals surface area contributed by atoms with Gasteiger partial charge in [0.15, 0.2) is 4.21 Å². The van der Waals surface area contributed by atoms with E-state index in [1.165, 1.54) is 24.2 Å². The average molecular weight is 543 g/mol. The number of anilines is 1. The van der Waals surface area contributed by atoms with Gasteiger partial charge >= 0.3 is 0 Å². The fourth-order valence-electron chi connectivity index (χ4n) is 3.89. The molecule has 0 aliphatic carbocycles. The second kappa shape index (κ2) is 10.3. The van der Waals surface area contributed by atoms with Crippen LogP contribution in [0.1, 0.15) is 17.6 Å². The minimum Gasteiger partial charge on any atom is -0.480 e. The maximum absolute atomic E-state index is 13.2. The second-order valence-corrected chi connectivity index (χ2v) is 11.5. The van der Waals surface area contributed by atoms with Crippen LogP contribution in [-0.4, -0.2) is 48.0 Å². The van der Waals surface area contributed by atoms with Crippen molar-refractivity contribution in [3.8, 4) is 17.0 Å². The normalized spacial score (nSPS) is 12.4. The zero-order valence-corrected chi connectivity index (χ0v) is 22.5. The zero-order valence-electron chi connectivity index (χ0n) is 20.9. The summed E-state index contributed by atoms with van der Waals surface area (Å²) in [5.74, 6) is -0.500. The first-order chi connectivity index (χ1) is 17.5. The van der Waals surface area contributed by atoms with Crippen LogP contribution in [-0.2, 0) is 21.4 Å². The topological polar surface area (TPSA) is 145 Å². The molecule has 11 nitrogen and oxygen atoms in total. The number of hydrogen-bond acceptors (Lipinski definition) is 9. The Labute approximate surface area is 217 Å². The number of amides is 1. The highest BCUT2D eigenvalue weighted by atomic mass is 32.2. The third kappa shape index (κ3) is 5.32. The maximum atomic E-state index is 13.2. The molecule has 1 atom stereocenters. The van der Waals surface area contributed by atoms with Gasteiger partial charge in [0.1, 0.15) is 5.69 Å². The van der Waals surface area contributed by atoms with Gasteiger partial charge in [-0.05, 0) is 37.6 Å². The number of hydrogen-bond donors (Lipinski definition) is 2. The van der Waals surface area contributed by atoms with Gasteiger partial charge in [0.05, 0.1) is 41.0 Å². The van der Waals surface area contributed by atoms with E-state index in [1.807, 2.05) is 0 Å². The van der Waals surface area contributed by atoms with Crippen LogP contribution in [0, 0.1) is 19.8 Å². The third-order valence-corrected chi connectivity index (χ3v) is 8.76. The van der Waals surface area contributed by atoms with Gasteiger partial charge in [-0.3, -0.25) is 18.9 Å². The smallest absolute Gasteiger partial charge is 0.273 e. The molecule has 1 unspecified atom stereocenters. The Balaban J connectivity index is 1.74. The fourth-order valence-corrected chi connectivity index (χ4v) is 6.42. The molecular weight excluding hydrogens is 516 g/mol. The minimum atomic E-state index is -3.93. The van der Waals surface area contributed by atoms with Crippen molar-refractivity contribution in [2.45, 2.75) is 31.5 Å². The van der Waals surface area contributed by atoms with E-state index in [1.54, 1.807) is 52.1 Å². The summed E-state index contributed by atoms with van der Waals surface area (Å²) in [6, 6.07) is 6.74. The number of carbonyl (C=O) groups excluding carboxylic acids is 1. The van der Waals surface area contributed by atoms with Gasteiger partial charge in [0.25, 0.3) is 15.6 Å². The van der Waals surface area contributed by atoms with E-state index in [0.29, 0.717) is 32.7 Å². The molecule has 13 heteroatoms. The molecule has 4 rings (SSSR count). The molecule has 3 aromatic heterocycles. The first-order valence-corrected chi connectivity index (χ1v) is 13.6. The van der Waals surface area contributed by atoms with Crippen molar-refractivity contribution >= 4 is 43.9 Å². The van der Waals surface area contributed by atoms with Gasteiger partial charge in [-0.1, -0.05) is 13.0 Å². The van der Waals surface area contributed by atoms with E-state index in [2.05, 4.69) is 25.0 Å². The number of nitrogens with one attached hydrogen (secondary N) is 2. The number of aromatic nitrogens is 4. The molecule has 194 valence electrons.